The molecule has 2 N–H and O–H groups in total. The number of hydrogen-bond acceptors (Lipinski definition) is 3. The summed E-state index contributed by atoms with van der Waals surface area (Å²) in [6.07, 6.45) is 0. The number of benzene rings is 3. The Balaban J connectivity index is 1.95. The third-order valence-electron chi connectivity index (χ3n) is 3.93. The average molecular weight is 438 g/mol. The Kier molecular flexibility index (Phi) is 5.98. The van der Waals surface area contributed by atoms with E-state index in [1.165, 1.54) is 6.92 Å². The van der Waals surface area contributed by atoms with Crippen molar-refractivity contribution in [3.05, 3.63) is 63.1 Å². The summed E-state index contributed by atoms with van der Waals surface area (Å²) in [6, 6.07) is 11.1. The van der Waals surface area contributed by atoms with E-state index in [4.69, 9.17) is 39.5 Å². The van der Waals surface area contributed by atoms with Crippen LogP contribution in [0.3, 0.4) is 0 Å². The minimum Gasteiger partial charge on any atom is -0.427 e. The molecule has 0 aliphatic carbocycles. The number of rotatable bonds is 3. The van der Waals surface area contributed by atoms with Crippen LogP contribution >= 0.6 is 34.8 Å². The molecule has 0 saturated carbocycles. The number of carbonyl (C=O) groups is 2. The van der Waals surface area contributed by atoms with Gasteiger partial charge in [0.2, 0.25) is 0 Å². The molecule has 0 spiro atoms. The zero-order chi connectivity index (χ0) is 20.4. The lowest BCUT2D eigenvalue weighted by molar-refractivity contribution is -0.131. The molecule has 0 aliphatic heterocycles. The first-order valence-corrected chi connectivity index (χ1v) is 9.32. The van der Waals surface area contributed by atoms with E-state index in [0.717, 1.165) is 5.56 Å². The van der Waals surface area contributed by atoms with E-state index in [9.17, 15) is 9.59 Å². The van der Waals surface area contributed by atoms with Gasteiger partial charge >= 0.3 is 12.0 Å². The molecular weight excluding hydrogens is 423 g/mol. The minimum absolute atomic E-state index is 0.250. The summed E-state index contributed by atoms with van der Waals surface area (Å²) >= 11 is 18.6. The topological polar surface area (TPSA) is 67.4 Å². The van der Waals surface area contributed by atoms with Gasteiger partial charge in [-0.1, -0.05) is 34.8 Å². The van der Waals surface area contributed by atoms with Crippen LogP contribution in [0.2, 0.25) is 15.1 Å². The second-order valence-electron chi connectivity index (χ2n) is 6.06. The van der Waals surface area contributed by atoms with Gasteiger partial charge in [0.1, 0.15) is 5.75 Å². The van der Waals surface area contributed by atoms with Crippen molar-refractivity contribution in [3.63, 3.8) is 0 Å². The van der Waals surface area contributed by atoms with Crippen molar-refractivity contribution in [1.29, 1.82) is 0 Å². The summed E-state index contributed by atoms with van der Waals surface area (Å²) in [7, 11) is 0. The maximum Gasteiger partial charge on any atom is 0.323 e. The maximum atomic E-state index is 12.5. The quantitative estimate of drug-likeness (QED) is 0.355. The summed E-state index contributed by atoms with van der Waals surface area (Å²) in [5.41, 5.74) is 1.76. The van der Waals surface area contributed by atoms with E-state index in [2.05, 4.69) is 10.6 Å². The highest BCUT2D eigenvalue weighted by Crippen LogP contribution is 2.38. The first-order valence-electron chi connectivity index (χ1n) is 8.19. The Morgan fingerprint density at radius 1 is 0.857 bits per heavy atom. The van der Waals surface area contributed by atoms with Gasteiger partial charge in [0.25, 0.3) is 0 Å². The molecule has 28 heavy (non-hydrogen) atoms. The van der Waals surface area contributed by atoms with Crippen LogP contribution < -0.4 is 15.4 Å². The lowest BCUT2D eigenvalue weighted by atomic mass is 10.1. The molecule has 144 valence electrons. The highest BCUT2D eigenvalue weighted by molar-refractivity contribution is 6.41. The van der Waals surface area contributed by atoms with Gasteiger partial charge in [0.05, 0.1) is 15.7 Å². The van der Waals surface area contributed by atoms with Gasteiger partial charge in [-0.3, -0.25) is 4.79 Å². The number of aryl methyl sites for hydroxylation is 1. The summed E-state index contributed by atoms with van der Waals surface area (Å²) in [6.45, 7) is 3.14. The van der Waals surface area contributed by atoms with E-state index < -0.39 is 12.0 Å². The molecule has 0 fully saturated rings. The molecule has 3 rings (SSSR count). The fourth-order valence-corrected chi connectivity index (χ4v) is 3.39. The highest BCUT2D eigenvalue weighted by atomic mass is 35.5. The lowest BCUT2D eigenvalue weighted by Gasteiger charge is -2.14. The van der Waals surface area contributed by atoms with E-state index >= 15 is 0 Å². The zero-order valence-electron chi connectivity index (χ0n) is 14.9. The normalized spacial score (nSPS) is 10.6. The van der Waals surface area contributed by atoms with Crippen LogP contribution in [0.4, 0.5) is 16.2 Å². The predicted molar refractivity (Wildman–Crippen MR) is 114 cm³/mol. The number of ether oxygens (including phenoxy) is 1. The van der Waals surface area contributed by atoms with Gasteiger partial charge in [-0.2, -0.15) is 0 Å². The van der Waals surface area contributed by atoms with Crippen molar-refractivity contribution in [1.82, 2.24) is 0 Å². The molecule has 8 heteroatoms. The fraction of sp³-hybridized carbons (Fsp3) is 0.100. The summed E-state index contributed by atoms with van der Waals surface area (Å²) in [5.74, 6) is -0.145. The Hall–Kier alpha value is -2.47. The molecular formula is C20H15Cl3N2O3. The van der Waals surface area contributed by atoms with Gasteiger partial charge in [0.15, 0.2) is 0 Å². The van der Waals surface area contributed by atoms with Crippen LogP contribution in [0.5, 0.6) is 5.75 Å². The minimum atomic E-state index is -0.495. The predicted octanol–water partition coefficient (Wildman–Crippen LogP) is 6.68. The smallest absolute Gasteiger partial charge is 0.323 e. The van der Waals surface area contributed by atoms with Crippen LogP contribution in [0.15, 0.2) is 42.5 Å². The molecule has 0 saturated heterocycles. The third-order valence-corrected chi connectivity index (χ3v) is 4.96. The van der Waals surface area contributed by atoms with Crippen LogP contribution in [-0.4, -0.2) is 12.0 Å². The highest BCUT2D eigenvalue weighted by Gasteiger charge is 2.15. The Bertz CT molecular complexity index is 1100. The molecule has 2 amide bonds. The number of nitrogens with one attached hydrogen (secondary N) is 2. The van der Waals surface area contributed by atoms with Crippen LogP contribution in [-0.2, 0) is 4.79 Å². The van der Waals surface area contributed by atoms with Crippen molar-refractivity contribution in [3.8, 4) is 5.75 Å². The number of fused-ring (bicyclic) bond motifs is 1. The Morgan fingerprint density at radius 2 is 1.61 bits per heavy atom. The van der Waals surface area contributed by atoms with E-state index in [1.807, 2.05) is 6.92 Å². The molecule has 0 unspecified atom stereocenters. The monoisotopic (exact) mass is 436 g/mol. The zero-order valence-corrected chi connectivity index (χ0v) is 17.2. The number of anilines is 2. The van der Waals surface area contributed by atoms with Crippen molar-refractivity contribution in [2.24, 2.45) is 0 Å². The number of esters is 1. The van der Waals surface area contributed by atoms with Gasteiger partial charge < -0.3 is 15.4 Å². The van der Waals surface area contributed by atoms with Gasteiger partial charge in [-0.15, -0.1) is 0 Å². The molecule has 0 radical (unpaired) electrons. The van der Waals surface area contributed by atoms with Crippen molar-refractivity contribution >= 4 is 69.0 Å². The molecule has 3 aromatic rings. The van der Waals surface area contributed by atoms with Gasteiger partial charge in [-0.05, 0) is 55.0 Å². The number of hydrogen-bond donors (Lipinski definition) is 2. The standard InChI is InChI=1S/C20H15Cl3N2O3/c1-10-7-12(3-6-16(10)21)24-20(27)25-19-15-8-13(28-11(2)26)4-5-14(15)17(22)9-18(19)23/h3-9H,1-2H3,(H2,24,25,27). The van der Waals surface area contributed by atoms with Crippen molar-refractivity contribution < 1.29 is 14.3 Å². The van der Waals surface area contributed by atoms with E-state index in [1.54, 1.807) is 42.5 Å². The first-order chi connectivity index (χ1) is 13.2. The van der Waals surface area contributed by atoms with Crippen LogP contribution in [0.25, 0.3) is 10.8 Å². The summed E-state index contributed by atoms with van der Waals surface area (Å²) < 4.78 is 5.12. The molecule has 0 aliphatic rings. The molecule has 5 nitrogen and oxygen atoms in total. The number of amides is 2. The SMILES string of the molecule is CC(=O)Oc1ccc2c(Cl)cc(Cl)c(NC(=O)Nc3ccc(Cl)c(C)c3)c2c1. The van der Waals surface area contributed by atoms with Crippen molar-refractivity contribution in [2.45, 2.75) is 13.8 Å². The van der Waals surface area contributed by atoms with Crippen LogP contribution in [0, 0.1) is 6.92 Å². The fourth-order valence-electron chi connectivity index (χ4n) is 2.68. The second-order valence-corrected chi connectivity index (χ2v) is 7.28. The summed E-state index contributed by atoms with van der Waals surface area (Å²) in [4.78, 5) is 23.7. The Morgan fingerprint density at radius 3 is 2.29 bits per heavy atom. The van der Waals surface area contributed by atoms with E-state index in [-0.39, 0.29) is 5.02 Å². The molecule has 0 heterocycles. The number of urea groups is 1. The van der Waals surface area contributed by atoms with E-state index in [0.29, 0.717) is 37.9 Å². The second kappa shape index (κ2) is 8.27. The number of halogens is 3. The summed E-state index contributed by atoms with van der Waals surface area (Å²) in [5, 5.41) is 7.92. The largest absolute Gasteiger partial charge is 0.427 e. The maximum absolute atomic E-state index is 12.5. The molecule has 0 bridgehead atoms. The first kappa shape index (κ1) is 20.3. The molecule has 0 atom stereocenters. The number of carbonyl (C=O) groups excluding carboxylic acids is 2. The third kappa shape index (κ3) is 4.50. The molecule has 3 aromatic carbocycles. The van der Waals surface area contributed by atoms with Gasteiger partial charge in [-0.25, -0.2) is 4.79 Å². The van der Waals surface area contributed by atoms with Gasteiger partial charge in [0, 0.05) is 28.4 Å². The van der Waals surface area contributed by atoms with Crippen LogP contribution in [0.1, 0.15) is 12.5 Å². The average Bonchev–Trinajstić information content (AvgIpc) is 2.61. The lowest BCUT2D eigenvalue weighted by Crippen LogP contribution is -2.20. The molecule has 0 aromatic heterocycles. The van der Waals surface area contributed by atoms with Crippen molar-refractivity contribution in [2.75, 3.05) is 10.6 Å². The Labute approximate surface area is 176 Å².